The smallest absolute Gasteiger partial charge is 0.335 e. The Labute approximate surface area is 212 Å². The number of amides is 1. The molecule has 0 fully saturated rings. The highest BCUT2D eigenvalue weighted by Crippen LogP contribution is 2.27. The van der Waals surface area contributed by atoms with Gasteiger partial charge in [-0.3, -0.25) is 28.1 Å². The van der Waals surface area contributed by atoms with E-state index in [0.717, 1.165) is 4.57 Å². The molecular weight excluding hydrogens is 568 g/mol. The van der Waals surface area contributed by atoms with E-state index < -0.39 is 22.6 Å². The van der Waals surface area contributed by atoms with Crippen LogP contribution in [-0.2, 0) is 18.9 Å². The molecule has 0 atom stereocenters. The van der Waals surface area contributed by atoms with Crippen LogP contribution < -0.4 is 27.4 Å². The average Bonchev–Trinajstić information content (AvgIpc) is 2.80. The third-order valence-electron chi connectivity index (χ3n) is 5.62. The third kappa shape index (κ3) is 4.27. The Balaban J connectivity index is 2.13. The van der Waals surface area contributed by atoms with Crippen LogP contribution in [0.4, 0.5) is 21.6 Å². The molecule has 0 radical (unpaired) electrons. The van der Waals surface area contributed by atoms with Gasteiger partial charge in [0.15, 0.2) is 0 Å². The molecule has 1 amide bonds. The molecule has 4 rings (SSSR count). The van der Waals surface area contributed by atoms with Crippen LogP contribution >= 0.6 is 22.6 Å². The van der Waals surface area contributed by atoms with Crippen molar-refractivity contribution < 1.29 is 9.18 Å². The maximum atomic E-state index is 14.7. The minimum Gasteiger partial charge on any atom is -0.338 e. The van der Waals surface area contributed by atoms with Gasteiger partial charge in [-0.15, -0.1) is 0 Å². The summed E-state index contributed by atoms with van der Waals surface area (Å²) < 4.78 is 18.7. The normalized spacial score (nSPS) is 11.0. The molecule has 0 aliphatic carbocycles. The van der Waals surface area contributed by atoms with Crippen molar-refractivity contribution in [3.8, 4) is 5.69 Å². The highest BCUT2D eigenvalue weighted by atomic mass is 127. The molecule has 2 N–H and O–H groups in total. The van der Waals surface area contributed by atoms with Crippen molar-refractivity contribution in [2.45, 2.75) is 13.8 Å². The minimum atomic E-state index is -0.676. The first kappa shape index (κ1) is 24.4. The second kappa shape index (κ2) is 9.13. The van der Waals surface area contributed by atoms with Gasteiger partial charge >= 0.3 is 5.69 Å². The molecule has 2 aromatic heterocycles. The lowest BCUT2D eigenvalue weighted by Gasteiger charge is -2.20. The quantitative estimate of drug-likeness (QED) is 0.356. The fraction of sp³-hybridized carbons (Fsp3) is 0.167. The zero-order valence-electron chi connectivity index (χ0n) is 19.3. The highest BCUT2D eigenvalue weighted by Gasteiger charge is 2.23. The number of carbonyl (C=O) groups is 1. The minimum absolute atomic E-state index is 0.0366. The van der Waals surface area contributed by atoms with Crippen molar-refractivity contribution in [1.82, 2.24) is 13.7 Å². The van der Waals surface area contributed by atoms with E-state index >= 15 is 0 Å². The van der Waals surface area contributed by atoms with Crippen LogP contribution in [0.25, 0.3) is 16.6 Å². The molecule has 4 aromatic rings. The Bertz CT molecular complexity index is 1700. The molecule has 11 heteroatoms. The molecule has 0 aliphatic heterocycles. The standard InChI is InChI=1S/C24H21FIN5O4/c1-12-20-19(21(29(3)22(12)33)28-18-9-8-14(26)10-17(18)25)23(34)30(4)24(35)31(20)16-7-5-6-15(11-16)27-13(2)32/h5-11,28H,1-4H3,(H,27,32). The molecule has 35 heavy (non-hydrogen) atoms. The van der Waals surface area contributed by atoms with Crippen LogP contribution in [0.3, 0.4) is 0 Å². The molecule has 180 valence electrons. The fourth-order valence-electron chi connectivity index (χ4n) is 3.93. The van der Waals surface area contributed by atoms with Gasteiger partial charge in [-0.05, 0) is 65.9 Å². The Kier molecular flexibility index (Phi) is 6.36. The van der Waals surface area contributed by atoms with Crippen LogP contribution in [0.2, 0.25) is 0 Å². The van der Waals surface area contributed by atoms with Gasteiger partial charge in [-0.1, -0.05) is 6.07 Å². The molecule has 0 spiro atoms. The van der Waals surface area contributed by atoms with Gasteiger partial charge in [-0.25, -0.2) is 9.18 Å². The number of hydrogen-bond donors (Lipinski definition) is 2. The Hall–Kier alpha value is -3.74. The highest BCUT2D eigenvalue weighted by molar-refractivity contribution is 14.1. The number of nitrogens with zero attached hydrogens (tertiary/aromatic N) is 3. The molecule has 2 aromatic carbocycles. The van der Waals surface area contributed by atoms with E-state index in [0.29, 0.717) is 14.9 Å². The number of carbonyl (C=O) groups excluding carboxylic acids is 1. The summed E-state index contributed by atoms with van der Waals surface area (Å²) in [4.78, 5) is 51.4. The largest absolute Gasteiger partial charge is 0.338 e. The number of halogens is 2. The predicted octanol–water partition coefficient (Wildman–Crippen LogP) is 3.14. The zero-order chi connectivity index (χ0) is 25.6. The van der Waals surface area contributed by atoms with Crippen molar-refractivity contribution in [2.24, 2.45) is 14.1 Å². The summed E-state index contributed by atoms with van der Waals surface area (Å²) in [5, 5.41) is 5.57. The van der Waals surface area contributed by atoms with Crippen molar-refractivity contribution >= 4 is 56.6 Å². The first-order valence-electron chi connectivity index (χ1n) is 10.5. The monoisotopic (exact) mass is 589 g/mol. The predicted molar refractivity (Wildman–Crippen MR) is 141 cm³/mol. The summed E-state index contributed by atoms with van der Waals surface area (Å²) in [6.07, 6.45) is 0. The van der Waals surface area contributed by atoms with Gasteiger partial charge < -0.3 is 10.6 Å². The first-order chi connectivity index (χ1) is 16.5. The number of rotatable bonds is 4. The number of aryl methyl sites for hydroxylation is 1. The second-order valence-corrected chi connectivity index (χ2v) is 9.27. The number of pyridine rings is 1. The summed E-state index contributed by atoms with van der Waals surface area (Å²) in [5.74, 6) is -0.815. The molecule has 0 saturated heterocycles. The van der Waals surface area contributed by atoms with Crippen LogP contribution in [-0.4, -0.2) is 19.6 Å². The summed E-state index contributed by atoms with van der Waals surface area (Å²) in [5.41, 5.74) is -0.695. The summed E-state index contributed by atoms with van der Waals surface area (Å²) in [6, 6.07) is 11.0. The topological polar surface area (TPSA) is 107 Å². The second-order valence-electron chi connectivity index (χ2n) is 8.02. The van der Waals surface area contributed by atoms with Crippen LogP contribution in [0, 0.1) is 16.3 Å². The molecule has 9 nitrogen and oxygen atoms in total. The summed E-state index contributed by atoms with van der Waals surface area (Å²) in [6.45, 7) is 2.88. The van der Waals surface area contributed by atoms with Gasteiger partial charge in [0, 0.05) is 35.8 Å². The lowest BCUT2D eigenvalue weighted by Crippen LogP contribution is -2.40. The van der Waals surface area contributed by atoms with Gasteiger partial charge in [0.1, 0.15) is 17.0 Å². The number of aromatic nitrogens is 3. The zero-order valence-corrected chi connectivity index (χ0v) is 21.4. The Morgan fingerprint density at radius 2 is 1.71 bits per heavy atom. The van der Waals surface area contributed by atoms with E-state index in [1.54, 1.807) is 30.3 Å². The maximum Gasteiger partial charge on any atom is 0.335 e. The van der Waals surface area contributed by atoms with E-state index in [1.165, 1.54) is 49.2 Å². The SMILES string of the molecule is CC(=O)Nc1cccc(-n2c(=O)n(C)c(=O)c3c(Nc4ccc(I)cc4F)n(C)c(=O)c(C)c32)c1. The number of fused-ring (bicyclic) bond motifs is 1. The van der Waals surface area contributed by atoms with Gasteiger partial charge in [0.25, 0.3) is 11.1 Å². The van der Waals surface area contributed by atoms with Crippen molar-refractivity contribution in [2.75, 3.05) is 10.6 Å². The lowest BCUT2D eigenvalue weighted by atomic mass is 10.1. The van der Waals surface area contributed by atoms with Gasteiger partial charge in [0.2, 0.25) is 5.91 Å². The summed E-state index contributed by atoms with van der Waals surface area (Å²) >= 11 is 1.98. The molecule has 0 unspecified atom stereocenters. The van der Waals surface area contributed by atoms with E-state index in [2.05, 4.69) is 10.6 Å². The van der Waals surface area contributed by atoms with E-state index in [9.17, 15) is 23.6 Å². The van der Waals surface area contributed by atoms with Crippen LogP contribution in [0.15, 0.2) is 56.8 Å². The van der Waals surface area contributed by atoms with Crippen molar-refractivity contribution in [3.05, 3.63) is 88.6 Å². The number of anilines is 3. The molecule has 0 saturated carbocycles. The summed E-state index contributed by atoms with van der Waals surface area (Å²) in [7, 11) is 2.79. The Morgan fingerprint density at radius 1 is 1.00 bits per heavy atom. The third-order valence-corrected chi connectivity index (χ3v) is 6.29. The van der Waals surface area contributed by atoms with E-state index in [-0.39, 0.29) is 33.9 Å². The van der Waals surface area contributed by atoms with Crippen LogP contribution in [0.1, 0.15) is 12.5 Å². The van der Waals surface area contributed by atoms with Crippen molar-refractivity contribution in [3.63, 3.8) is 0 Å². The average molecular weight is 589 g/mol. The molecule has 0 aliphatic rings. The lowest BCUT2D eigenvalue weighted by molar-refractivity contribution is -0.114. The Morgan fingerprint density at radius 3 is 2.37 bits per heavy atom. The number of hydrogen-bond acceptors (Lipinski definition) is 5. The first-order valence-corrected chi connectivity index (χ1v) is 11.5. The number of nitrogens with one attached hydrogen (secondary N) is 2. The fourth-order valence-corrected chi connectivity index (χ4v) is 4.39. The molecule has 2 heterocycles. The van der Waals surface area contributed by atoms with Gasteiger partial charge in [0.05, 0.1) is 16.9 Å². The number of benzene rings is 2. The molecule has 0 bridgehead atoms. The van der Waals surface area contributed by atoms with E-state index in [4.69, 9.17) is 0 Å². The van der Waals surface area contributed by atoms with Crippen molar-refractivity contribution in [1.29, 1.82) is 0 Å². The van der Waals surface area contributed by atoms with E-state index in [1.807, 2.05) is 22.6 Å². The van der Waals surface area contributed by atoms with Crippen LogP contribution in [0.5, 0.6) is 0 Å². The van der Waals surface area contributed by atoms with Gasteiger partial charge in [-0.2, -0.15) is 0 Å². The maximum absolute atomic E-state index is 14.7. The molecular formula is C24H21FIN5O4.